The van der Waals surface area contributed by atoms with Gasteiger partial charge in [0.05, 0.1) is 11.7 Å². The lowest BCUT2D eigenvalue weighted by molar-refractivity contribution is 0.0757. The minimum Gasteiger partial charge on any atom is -0.326 e. The van der Waals surface area contributed by atoms with Crippen LogP contribution in [0.2, 0.25) is 0 Å². The maximum absolute atomic E-state index is 15.0. The fourth-order valence-corrected chi connectivity index (χ4v) is 5.62. The van der Waals surface area contributed by atoms with Crippen LogP contribution in [0.1, 0.15) is 44.1 Å². The first-order valence-corrected chi connectivity index (χ1v) is 13.1. The summed E-state index contributed by atoms with van der Waals surface area (Å²) in [6, 6.07) is 6.98. The highest BCUT2D eigenvalue weighted by molar-refractivity contribution is 5.83. The number of anilines is 2. The van der Waals surface area contributed by atoms with Crippen LogP contribution < -0.4 is 5.32 Å². The van der Waals surface area contributed by atoms with Crippen molar-refractivity contribution in [2.45, 2.75) is 51.7 Å². The smallest absolute Gasteiger partial charge is 0.229 e. The summed E-state index contributed by atoms with van der Waals surface area (Å²) in [5, 5.41) is 3.05. The molecule has 3 aromatic heterocycles. The summed E-state index contributed by atoms with van der Waals surface area (Å²) >= 11 is 0. The molecule has 1 aromatic carbocycles. The first kappa shape index (κ1) is 24.8. The number of rotatable bonds is 6. The van der Waals surface area contributed by atoms with Gasteiger partial charge >= 0.3 is 0 Å². The number of piperazine rings is 1. The molecule has 10 heteroatoms. The molecular formula is C28H32F2N8. The van der Waals surface area contributed by atoms with Crippen molar-refractivity contribution in [2.75, 3.05) is 32.0 Å². The molecule has 38 heavy (non-hydrogen) atoms. The van der Waals surface area contributed by atoms with Gasteiger partial charge in [-0.05, 0) is 64.4 Å². The number of aromatic nitrogens is 5. The summed E-state index contributed by atoms with van der Waals surface area (Å²) in [6.07, 6.45) is 5.50. The second kappa shape index (κ2) is 9.36. The van der Waals surface area contributed by atoms with Crippen molar-refractivity contribution in [1.29, 1.82) is 0 Å². The molecule has 0 bridgehead atoms. The van der Waals surface area contributed by atoms with Crippen LogP contribution in [-0.4, -0.2) is 66.5 Å². The van der Waals surface area contributed by atoms with Crippen LogP contribution in [0.4, 0.5) is 20.5 Å². The van der Waals surface area contributed by atoms with Gasteiger partial charge in [0.2, 0.25) is 5.95 Å². The Morgan fingerprint density at radius 1 is 1.03 bits per heavy atom. The number of halogens is 2. The second-order valence-electron chi connectivity index (χ2n) is 10.9. The Balaban J connectivity index is 1.21. The van der Waals surface area contributed by atoms with Crippen molar-refractivity contribution < 1.29 is 8.78 Å². The van der Waals surface area contributed by atoms with Gasteiger partial charge in [0.1, 0.15) is 22.9 Å². The lowest BCUT2D eigenvalue weighted by Gasteiger charge is -2.40. The molecule has 0 amide bonds. The van der Waals surface area contributed by atoms with Gasteiger partial charge in [0.15, 0.2) is 11.6 Å². The Kier molecular flexibility index (Phi) is 6.11. The van der Waals surface area contributed by atoms with E-state index < -0.39 is 11.6 Å². The van der Waals surface area contributed by atoms with Crippen molar-refractivity contribution in [1.82, 2.24) is 34.3 Å². The van der Waals surface area contributed by atoms with E-state index in [1.165, 1.54) is 18.9 Å². The summed E-state index contributed by atoms with van der Waals surface area (Å²) in [5.41, 5.74) is 2.72. The zero-order valence-electron chi connectivity index (χ0n) is 22.2. The van der Waals surface area contributed by atoms with E-state index in [0.717, 1.165) is 37.9 Å². The van der Waals surface area contributed by atoms with E-state index in [1.54, 1.807) is 6.07 Å². The van der Waals surface area contributed by atoms with Gasteiger partial charge in [0.25, 0.3) is 0 Å². The molecule has 0 radical (unpaired) electrons. The van der Waals surface area contributed by atoms with Crippen molar-refractivity contribution >= 4 is 22.8 Å². The standard InChI is InChI=1S/C28H32F2N8/c1-17(2)38-18(3)33-26-21(29)11-20(12-23(26)38)25-22(30)14-32-27(35-25)34-24-6-5-19(13-31-24)15-37-10-9-36(4)28(16-37)7-8-28/h5-6,11-14,17H,7-10,15-16H2,1-4H3,(H,31,32,34,35). The maximum atomic E-state index is 15.0. The molecule has 1 aliphatic heterocycles. The minimum absolute atomic E-state index is 0.0122. The number of hydrogen-bond acceptors (Lipinski definition) is 7. The van der Waals surface area contributed by atoms with Gasteiger partial charge in [-0.1, -0.05) is 6.07 Å². The molecule has 2 aliphatic rings. The molecule has 4 aromatic rings. The summed E-state index contributed by atoms with van der Waals surface area (Å²) in [7, 11) is 2.23. The number of nitrogens with zero attached hydrogens (tertiary/aromatic N) is 7. The first-order chi connectivity index (χ1) is 18.2. The first-order valence-electron chi connectivity index (χ1n) is 13.1. The third kappa shape index (κ3) is 4.52. The highest BCUT2D eigenvalue weighted by Crippen LogP contribution is 2.43. The van der Waals surface area contributed by atoms with E-state index >= 15 is 0 Å². The zero-order valence-corrected chi connectivity index (χ0v) is 22.2. The summed E-state index contributed by atoms with van der Waals surface area (Å²) < 4.78 is 31.7. The van der Waals surface area contributed by atoms with Crippen LogP contribution in [0.3, 0.4) is 0 Å². The number of benzene rings is 1. The number of likely N-dealkylation sites (N-methyl/N-ethyl adjacent to an activating group) is 1. The van der Waals surface area contributed by atoms with E-state index in [2.05, 4.69) is 42.1 Å². The van der Waals surface area contributed by atoms with Crippen LogP contribution in [0, 0.1) is 18.6 Å². The second-order valence-corrected chi connectivity index (χ2v) is 10.9. The fourth-order valence-electron chi connectivity index (χ4n) is 5.62. The van der Waals surface area contributed by atoms with Crippen molar-refractivity contribution in [3.63, 3.8) is 0 Å². The van der Waals surface area contributed by atoms with E-state index in [9.17, 15) is 8.78 Å². The Bertz CT molecular complexity index is 1490. The van der Waals surface area contributed by atoms with E-state index in [-0.39, 0.29) is 23.2 Å². The highest BCUT2D eigenvalue weighted by Gasteiger charge is 2.49. The molecule has 8 nitrogen and oxygen atoms in total. The van der Waals surface area contributed by atoms with Crippen LogP contribution in [-0.2, 0) is 6.54 Å². The molecule has 0 atom stereocenters. The summed E-state index contributed by atoms with van der Waals surface area (Å²) in [6.45, 7) is 9.93. The molecule has 1 saturated heterocycles. The van der Waals surface area contributed by atoms with E-state index in [0.29, 0.717) is 28.3 Å². The Morgan fingerprint density at radius 3 is 2.55 bits per heavy atom. The molecule has 1 N–H and O–H groups in total. The average Bonchev–Trinajstić information content (AvgIpc) is 3.56. The number of pyridine rings is 1. The number of hydrogen-bond donors (Lipinski definition) is 1. The Hall–Kier alpha value is -3.50. The zero-order chi connectivity index (χ0) is 26.6. The third-order valence-corrected chi connectivity index (χ3v) is 7.84. The van der Waals surface area contributed by atoms with Crippen molar-refractivity contribution in [2.24, 2.45) is 0 Å². The van der Waals surface area contributed by atoms with Crippen LogP contribution in [0.15, 0.2) is 36.7 Å². The molecule has 198 valence electrons. The molecule has 1 saturated carbocycles. The summed E-state index contributed by atoms with van der Waals surface area (Å²) in [4.78, 5) is 22.3. The third-order valence-electron chi connectivity index (χ3n) is 7.84. The summed E-state index contributed by atoms with van der Waals surface area (Å²) in [5.74, 6) is 0.290. The van der Waals surface area contributed by atoms with Crippen LogP contribution in [0.5, 0.6) is 0 Å². The monoisotopic (exact) mass is 518 g/mol. The number of nitrogens with one attached hydrogen (secondary N) is 1. The van der Waals surface area contributed by atoms with E-state index in [4.69, 9.17) is 0 Å². The predicted molar refractivity (Wildman–Crippen MR) is 143 cm³/mol. The van der Waals surface area contributed by atoms with Crippen molar-refractivity contribution in [3.05, 3.63) is 59.7 Å². The topological polar surface area (TPSA) is 75.0 Å². The Morgan fingerprint density at radius 2 is 1.84 bits per heavy atom. The molecular weight excluding hydrogens is 486 g/mol. The van der Waals surface area contributed by atoms with Gasteiger partial charge in [-0.2, -0.15) is 0 Å². The quantitative estimate of drug-likeness (QED) is 0.382. The molecule has 1 aliphatic carbocycles. The SMILES string of the molecule is Cc1nc2c(F)cc(-c3nc(Nc4ccc(CN5CCN(C)C6(CC6)C5)cn4)ncc3F)cc2n1C(C)C. The van der Waals surface area contributed by atoms with Gasteiger partial charge in [-0.15, -0.1) is 0 Å². The molecule has 2 fully saturated rings. The number of fused-ring (bicyclic) bond motifs is 1. The largest absolute Gasteiger partial charge is 0.326 e. The lowest BCUT2D eigenvalue weighted by atomic mass is 10.1. The fraction of sp³-hybridized carbons (Fsp3) is 0.429. The van der Waals surface area contributed by atoms with Crippen LogP contribution >= 0.6 is 0 Å². The normalized spacial score (nSPS) is 17.6. The molecule has 1 spiro atoms. The Labute approximate surface area is 220 Å². The molecule has 4 heterocycles. The maximum Gasteiger partial charge on any atom is 0.229 e. The average molecular weight is 519 g/mol. The number of imidazole rings is 1. The van der Waals surface area contributed by atoms with Gasteiger partial charge < -0.3 is 9.88 Å². The molecule has 6 rings (SSSR count). The van der Waals surface area contributed by atoms with Gasteiger partial charge in [-0.3, -0.25) is 9.80 Å². The minimum atomic E-state index is -0.634. The lowest BCUT2D eigenvalue weighted by Crippen LogP contribution is -2.52. The number of aryl methyl sites for hydroxylation is 1. The van der Waals surface area contributed by atoms with Crippen molar-refractivity contribution in [3.8, 4) is 11.3 Å². The van der Waals surface area contributed by atoms with Crippen LogP contribution in [0.25, 0.3) is 22.3 Å². The highest BCUT2D eigenvalue weighted by atomic mass is 19.1. The van der Waals surface area contributed by atoms with Gasteiger partial charge in [-0.25, -0.2) is 28.7 Å². The molecule has 0 unspecified atom stereocenters. The van der Waals surface area contributed by atoms with E-state index in [1.807, 2.05) is 43.7 Å². The predicted octanol–water partition coefficient (Wildman–Crippen LogP) is 5.08. The van der Waals surface area contributed by atoms with Gasteiger partial charge in [0, 0.05) is 49.5 Å².